The van der Waals surface area contributed by atoms with Crippen LogP contribution in [0.5, 0.6) is 0 Å². The average Bonchev–Trinajstić information content (AvgIpc) is 2.60. The van der Waals surface area contributed by atoms with Crippen LogP contribution in [0, 0.1) is 17.8 Å². The summed E-state index contributed by atoms with van der Waals surface area (Å²) in [7, 11) is 3.60. The molecule has 0 aromatic heterocycles. The molecule has 5 nitrogen and oxygen atoms in total. The molecule has 0 spiro atoms. The van der Waals surface area contributed by atoms with Gasteiger partial charge in [-0.15, -0.1) is 0 Å². The van der Waals surface area contributed by atoms with Crippen LogP contribution in [-0.2, 0) is 9.59 Å². The predicted molar refractivity (Wildman–Crippen MR) is 44.3 cm³/mol. The van der Waals surface area contributed by atoms with Gasteiger partial charge >= 0.3 is 11.9 Å². The van der Waals surface area contributed by atoms with Crippen LogP contribution in [-0.4, -0.2) is 47.7 Å². The van der Waals surface area contributed by atoms with Crippen molar-refractivity contribution in [1.82, 2.24) is 4.90 Å². The first-order chi connectivity index (χ1) is 5.95. The summed E-state index contributed by atoms with van der Waals surface area (Å²) in [6, 6.07) is 0. The highest BCUT2D eigenvalue weighted by molar-refractivity contribution is 5.86. The first-order valence-corrected chi connectivity index (χ1v) is 4.05. The third kappa shape index (κ3) is 1.98. The first kappa shape index (κ1) is 9.98. The second-order valence-corrected chi connectivity index (χ2v) is 3.65. The van der Waals surface area contributed by atoms with Crippen LogP contribution >= 0.6 is 0 Å². The van der Waals surface area contributed by atoms with Crippen molar-refractivity contribution in [3.8, 4) is 0 Å². The lowest BCUT2D eigenvalue weighted by Gasteiger charge is -2.07. The maximum atomic E-state index is 10.6. The van der Waals surface area contributed by atoms with E-state index in [1.54, 1.807) is 14.1 Å². The average molecular weight is 187 g/mol. The summed E-state index contributed by atoms with van der Waals surface area (Å²) in [5.74, 6) is -3.62. The quantitative estimate of drug-likeness (QED) is 0.625. The summed E-state index contributed by atoms with van der Waals surface area (Å²) in [6.07, 6.45) is 0. The topological polar surface area (TPSA) is 77.8 Å². The summed E-state index contributed by atoms with van der Waals surface area (Å²) in [5, 5.41) is 17.3. The van der Waals surface area contributed by atoms with Crippen molar-refractivity contribution in [2.75, 3.05) is 20.6 Å². The molecule has 1 fully saturated rings. The van der Waals surface area contributed by atoms with Crippen molar-refractivity contribution >= 4 is 11.9 Å². The number of carbonyl (C=O) groups is 2. The summed E-state index contributed by atoms with van der Waals surface area (Å²) < 4.78 is 0. The highest BCUT2D eigenvalue weighted by Crippen LogP contribution is 2.46. The molecule has 0 amide bonds. The summed E-state index contributed by atoms with van der Waals surface area (Å²) in [5.41, 5.74) is 0. The number of hydrogen-bond donors (Lipinski definition) is 2. The second kappa shape index (κ2) is 3.33. The summed E-state index contributed by atoms with van der Waals surface area (Å²) in [6.45, 7) is 0.522. The molecule has 1 aliphatic carbocycles. The van der Waals surface area contributed by atoms with E-state index in [0.29, 0.717) is 6.54 Å². The lowest BCUT2D eigenvalue weighted by molar-refractivity contribution is -0.144. The molecule has 0 aliphatic heterocycles. The zero-order valence-electron chi connectivity index (χ0n) is 7.60. The highest BCUT2D eigenvalue weighted by atomic mass is 16.4. The molecular formula is C8H13NO4. The van der Waals surface area contributed by atoms with Gasteiger partial charge in [0.05, 0.1) is 11.8 Å². The normalized spacial score (nSPS) is 31.8. The monoisotopic (exact) mass is 187 g/mol. The zero-order valence-corrected chi connectivity index (χ0v) is 7.60. The third-order valence-electron chi connectivity index (χ3n) is 2.31. The second-order valence-electron chi connectivity index (χ2n) is 3.65. The molecule has 13 heavy (non-hydrogen) atoms. The minimum Gasteiger partial charge on any atom is -0.481 e. The van der Waals surface area contributed by atoms with Crippen LogP contribution < -0.4 is 0 Å². The van der Waals surface area contributed by atoms with E-state index < -0.39 is 23.8 Å². The van der Waals surface area contributed by atoms with Gasteiger partial charge in [0, 0.05) is 6.54 Å². The number of nitrogens with zero attached hydrogens (tertiary/aromatic N) is 1. The van der Waals surface area contributed by atoms with Crippen molar-refractivity contribution in [2.45, 2.75) is 0 Å². The van der Waals surface area contributed by atoms with Crippen LogP contribution in [0.4, 0.5) is 0 Å². The van der Waals surface area contributed by atoms with E-state index in [1.165, 1.54) is 0 Å². The Morgan fingerprint density at radius 3 is 1.77 bits per heavy atom. The number of rotatable bonds is 4. The highest BCUT2D eigenvalue weighted by Gasteiger charge is 2.59. The smallest absolute Gasteiger partial charge is 0.307 e. The van der Waals surface area contributed by atoms with E-state index in [1.807, 2.05) is 4.90 Å². The zero-order chi connectivity index (χ0) is 10.2. The van der Waals surface area contributed by atoms with Gasteiger partial charge in [-0.3, -0.25) is 9.59 Å². The van der Waals surface area contributed by atoms with Gasteiger partial charge in [-0.25, -0.2) is 0 Å². The molecule has 74 valence electrons. The Morgan fingerprint density at radius 2 is 1.54 bits per heavy atom. The Balaban J connectivity index is 2.57. The molecule has 5 heteroatoms. The minimum absolute atomic E-state index is 0.231. The first-order valence-electron chi connectivity index (χ1n) is 4.05. The predicted octanol–water partition coefficient (Wildman–Crippen LogP) is -0.421. The molecule has 0 radical (unpaired) electrons. The molecule has 1 unspecified atom stereocenters. The largest absolute Gasteiger partial charge is 0.481 e. The minimum atomic E-state index is -1.00. The molecule has 0 aromatic carbocycles. The number of carboxylic acids is 2. The van der Waals surface area contributed by atoms with Gasteiger partial charge in [-0.1, -0.05) is 0 Å². The molecule has 0 saturated heterocycles. The van der Waals surface area contributed by atoms with Crippen LogP contribution in [0.1, 0.15) is 0 Å². The van der Waals surface area contributed by atoms with Crippen molar-refractivity contribution < 1.29 is 19.8 Å². The van der Waals surface area contributed by atoms with E-state index in [0.717, 1.165) is 0 Å². The van der Waals surface area contributed by atoms with Crippen LogP contribution in [0.25, 0.3) is 0 Å². The standard InChI is InChI=1S/C8H13NO4/c1-9(2)3-4-5(7(10)11)6(4)8(12)13/h4-6H,3H2,1-2H3,(H,10,11)(H,12,13)/t4?,5-,6+. The Hall–Kier alpha value is -1.10. The lowest BCUT2D eigenvalue weighted by atomic mass is 10.3. The van der Waals surface area contributed by atoms with Crippen molar-refractivity contribution in [2.24, 2.45) is 17.8 Å². The SMILES string of the molecule is CN(C)CC1[C@@H](C(=O)O)[C@H]1C(=O)O. The van der Waals surface area contributed by atoms with Crippen molar-refractivity contribution in [1.29, 1.82) is 0 Å². The van der Waals surface area contributed by atoms with E-state index in [9.17, 15) is 9.59 Å². The Morgan fingerprint density at radius 1 is 1.15 bits per heavy atom. The van der Waals surface area contributed by atoms with Gasteiger partial charge in [-0.05, 0) is 20.0 Å². The van der Waals surface area contributed by atoms with Crippen LogP contribution in [0.3, 0.4) is 0 Å². The third-order valence-corrected chi connectivity index (χ3v) is 2.31. The molecular weight excluding hydrogens is 174 g/mol. The van der Waals surface area contributed by atoms with Gasteiger partial charge in [0.25, 0.3) is 0 Å². The molecule has 0 aromatic rings. The fourth-order valence-electron chi connectivity index (χ4n) is 1.70. The summed E-state index contributed by atoms with van der Waals surface area (Å²) in [4.78, 5) is 23.0. The van der Waals surface area contributed by atoms with Crippen molar-refractivity contribution in [3.05, 3.63) is 0 Å². The van der Waals surface area contributed by atoms with Gasteiger partial charge in [0.15, 0.2) is 0 Å². The molecule has 0 heterocycles. The van der Waals surface area contributed by atoms with Gasteiger partial charge < -0.3 is 15.1 Å². The molecule has 2 N–H and O–H groups in total. The Kier molecular flexibility index (Phi) is 2.56. The molecule has 0 bridgehead atoms. The fourth-order valence-corrected chi connectivity index (χ4v) is 1.70. The Labute approximate surface area is 76.0 Å². The molecule has 1 saturated carbocycles. The van der Waals surface area contributed by atoms with E-state index in [-0.39, 0.29) is 5.92 Å². The van der Waals surface area contributed by atoms with E-state index in [2.05, 4.69) is 0 Å². The number of aliphatic carboxylic acids is 2. The van der Waals surface area contributed by atoms with Gasteiger partial charge in [0.2, 0.25) is 0 Å². The van der Waals surface area contributed by atoms with Gasteiger partial charge in [-0.2, -0.15) is 0 Å². The summed E-state index contributed by atoms with van der Waals surface area (Å²) >= 11 is 0. The molecule has 3 atom stereocenters. The lowest BCUT2D eigenvalue weighted by Crippen LogP contribution is -2.17. The van der Waals surface area contributed by atoms with Crippen LogP contribution in [0.2, 0.25) is 0 Å². The molecule has 1 aliphatic rings. The maximum Gasteiger partial charge on any atom is 0.307 e. The Bertz CT molecular complexity index is 218. The molecule has 1 rings (SSSR count). The maximum absolute atomic E-state index is 10.6. The van der Waals surface area contributed by atoms with Crippen molar-refractivity contribution in [3.63, 3.8) is 0 Å². The van der Waals surface area contributed by atoms with Gasteiger partial charge in [0.1, 0.15) is 0 Å². The van der Waals surface area contributed by atoms with E-state index >= 15 is 0 Å². The van der Waals surface area contributed by atoms with E-state index in [4.69, 9.17) is 10.2 Å². The van der Waals surface area contributed by atoms with Crippen LogP contribution in [0.15, 0.2) is 0 Å². The fraction of sp³-hybridized carbons (Fsp3) is 0.750. The number of hydrogen-bond acceptors (Lipinski definition) is 3. The number of carboxylic acid groups (broad SMARTS) is 2.